The van der Waals surface area contributed by atoms with Crippen molar-refractivity contribution in [1.29, 1.82) is 0 Å². The van der Waals surface area contributed by atoms with Gasteiger partial charge in [0, 0.05) is 12.6 Å². The first-order chi connectivity index (χ1) is 8.90. The van der Waals surface area contributed by atoms with Crippen molar-refractivity contribution in [1.82, 2.24) is 9.97 Å². The van der Waals surface area contributed by atoms with E-state index in [4.69, 9.17) is 5.73 Å². The number of rotatable bonds is 4. The summed E-state index contributed by atoms with van der Waals surface area (Å²) in [5, 5.41) is 2.09. The average Bonchev–Trinajstić information content (AvgIpc) is 3.04. The average molecular weight is 262 g/mol. The van der Waals surface area contributed by atoms with Crippen molar-refractivity contribution in [3.8, 4) is 0 Å². The van der Waals surface area contributed by atoms with Gasteiger partial charge < -0.3 is 10.6 Å². The van der Waals surface area contributed by atoms with Crippen LogP contribution in [0.25, 0.3) is 10.2 Å². The van der Waals surface area contributed by atoms with E-state index in [9.17, 15) is 0 Å². The maximum Gasteiger partial charge on any atom is 0.150 e. The summed E-state index contributed by atoms with van der Waals surface area (Å²) in [7, 11) is 0. The Morgan fingerprint density at radius 1 is 1.44 bits per heavy atom. The van der Waals surface area contributed by atoms with Crippen molar-refractivity contribution in [2.75, 3.05) is 18.0 Å². The Balaban J connectivity index is 1.90. The molecule has 1 atom stereocenters. The van der Waals surface area contributed by atoms with E-state index in [1.54, 1.807) is 17.7 Å². The van der Waals surface area contributed by atoms with E-state index < -0.39 is 0 Å². The SMILES string of the molecule is NCCCC1CCCN1c1ncnc2ccsc12. The molecule has 2 aromatic heterocycles. The summed E-state index contributed by atoms with van der Waals surface area (Å²) in [5.41, 5.74) is 6.69. The van der Waals surface area contributed by atoms with Crippen LogP contribution in [0, 0.1) is 0 Å². The molecule has 0 spiro atoms. The van der Waals surface area contributed by atoms with Gasteiger partial charge in [0.2, 0.25) is 0 Å². The predicted molar refractivity (Wildman–Crippen MR) is 76.1 cm³/mol. The Kier molecular flexibility index (Phi) is 3.43. The Labute approximate surface area is 111 Å². The minimum absolute atomic E-state index is 0.605. The number of hydrogen-bond donors (Lipinski definition) is 1. The van der Waals surface area contributed by atoms with Crippen molar-refractivity contribution in [2.45, 2.75) is 31.7 Å². The number of anilines is 1. The molecule has 1 saturated heterocycles. The minimum Gasteiger partial charge on any atom is -0.352 e. The van der Waals surface area contributed by atoms with Crippen LogP contribution in [0.5, 0.6) is 0 Å². The molecule has 0 saturated carbocycles. The summed E-state index contributed by atoms with van der Waals surface area (Å²) >= 11 is 1.74. The lowest BCUT2D eigenvalue weighted by atomic mass is 10.1. The maximum atomic E-state index is 5.62. The van der Waals surface area contributed by atoms with Gasteiger partial charge in [-0.15, -0.1) is 11.3 Å². The van der Waals surface area contributed by atoms with Crippen LogP contribution in [-0.4, -0.2) is 29.1 Å². The fourth-order valence-electron chi connectivity index (χ4n) is 2.75. The molecule has 3 rings (SSSR count). The second-order valence-electron chi connectivity index (χ2n) is 4.75. The molecule has 18 heavy (non-hydrogen) atoms. The zero-order chi connectivity index (χ0) is 12.4. The summed E-state index contributed by atoms with van der Waals surface area (Å²) < 4.78 is 1.22. The van der Waals surface area contributed by atoms with Gasteiger partial charge in [0.05, 0.1) is 10.2 Å². The third-order valence-corrected chi connectivity index (χ3v) is 4.51. The van der Waals surface area contributed by atoms with Gasteiger partial charge >= 0.3 is 0 Å². The van der Waals surface area contributed by atoms with Gasteiger partial charge in [0.25, 0.3) is 0 Å². The van der Waals surface area contributed by atoms with Crippen molar-refractivity contribution in [2.24, 2.45) is 5.73 Å². The number of aromatic nitrogens is 2. The fraction of sp³-hybridized carbons (Fsp3) is 0.538. The molecule has 2 aromatic rings. The van der Waals surface area contributed by atoms with Crippen molar-refractivity contribution in [3.63, 3.8) is 0 Å². The first-order valence-corrected chi connectivity index (χ1v) is 7.43. The molecule has 1 aliphatic rings. The summed E-state index contributed by atoms with van der Waals surface area (Å²) in [4.78, 5) is 11.3. The van der Waals surface area contributed by atoms with Gasteiger partial charge in [-0.2, -0.15) is 0 Å². The first-order valence-electron chi connectivity index (χ1n) is 6.55. The number of hydrogen-bond acceptors (Lipinski definition) is 5. The smallest absolute Gasteiger partial charge is 0.150 e. The Morgan fingerprint density at radius 3 is 3.28 bits per heavy atom. The largest absolute Gasteiger partial charge is 0.352 e. The third-order valence-electron chi connectivity index (χ3n) is 3.62. The lowest BCUT2D eigenvalue weighted by Gasteiger charge is -2.25. The van der Waals surface area contributed by atoms with E-state index >= 15 is 0 Å². The molecule has 0 bridgehead atoms. The monoisotopic (exact) mass is 262 g/mol. The van der Waals surface area contributed by atoms with E-state index in [1.165, 1.54) is 24.0 Å². The Bertz CT molecular complexity index is 524. The zero-order valence-electron chi connectivity index (χ0n) is 10.4. The highest BCUT2D eigenvalue weighted by Gasteiger charge is 2.26. The van der Waals surface area contributed by atoms with Crippen LogP contribution >= 0.6 is 11.3 Å². The van der Waals surface area contributed by atoms with Crippen LogP contribution in [0.1, 0.15) is 25.7 Å². The number of thiophene rings is 1. The van der Waals surface area contributed by atoms with Crippen LogP contribution in [-0.2, 0) is 0 Å². The molecule has 0 aliphatic carbocycles. The number of nitrogens with zero attached hydrogens (tertiary/aromatic N) is 3. The molecule has 2 N–H and O–H groups in total. The first kappa shape index (κ1) is 11.9. The Morgan fingerprint density at radius 2 is 2.39 bits per heavy atom. The molecule has 1 fully saturated rings. The minimum atomic E-state index is 0.605. The van der Waals surface area contributed by atoms with Gasteiger partial charge in [-0.3, -0.25) is 0 Å². The van der Waals surface area contributed by atoms with Gasteiger partial charge in [-0.05, 0) is 43.7 Å². The molecule has 1 unspecified atom stereocenters. The highest BCUT2D eigenvalue weighted by atomic mass is 32.1. The van der Waals surface area contributed by atoms with E-state index in [2.05, 4.69) is 26.3 Å². The molecule has 1 aliphatic heterocycles. The summed E-state index contributed by atoms with van der Waals surface area (Å²) in [6.45, 7) is 1.89. The van der Waals surface area contributed by atoms with Crippen LogP contribution in [0.2, 0.25) is 0 Å². The van der Waals surface area contributed by atoms with E-state index in [0.29, 0.717) is 6.04 Å². The van der Waals surface area contributed by atoms with Gasteiger partial charge in [-0.1, -0.05) is 0 Å². The molecule has 0 amide bonds. The van der Waals surface area contributed by atoms with Crippen LogP contribution < -0.4 is 10.6 Å². The van der Waals surface area contributed by atoms with Gasteiger partial charge in [0.1, 0.15) is 12.1 Å². The van der Waals surface area contributed by atoms with Crippen molar-refractivity contribution < 1.29 is 0 Å². The van der Waals surface area contributed by atoms with E-state index in [0.717, 1.165) is 30.8 Å². The Hall–Kier alpha value is -1.20. The molecule has 0 aromatic carbocycles. The number of nitrogens with two attached hydrogens (primary N) is 1. The van der Waals surface area contributed by atoms with Crippen LogP contribution in [0.3, 0.4) is 0 Å². The zero-order valence-corrected chi connectivity index (χ0v) is 11.2. The lowest BCUT2D eigenvalue weighted by molar-refractivity contribution is 0.583. The molecule has 5 heteroatoms. The summed E-state index contributed by atoms with van der Waals surface area (Å²) in [6, 6.07) is 2.67. The highest BCUT2D eigenvalue weighted by molar-refractivity contribution is 7.17. The number of fused-ring (bicyclic) bond motifs is 1. The van der Waals surface area contributed by atoms with Gasteiger partial charge in [-0.25, -0.2) is 9.97 Å². The highest BCUT2D eigenvalue weighted by Crippen LogP contribution is 2.33. The molecule has 96 valence electrons. The van der Waals surface area contributed by atoms with Crippen molar-refractivity contribution >= 4 is 27.4 Å². The van der Waals surface area contributed by atoms with Gasteiger partial charge in [0.15, 0.2) is 0 Å². The quantitative estimate of drug-likeness (QED) is 0.919. The fourth-order valence-corrected chi connectivity index (χ4v) is 3.60. The van der Waals surface area contributed by atoms with Crippen LogP contribution in [0.15, 0.2) is 17.8 Å². The molecule has 4 nitrogen and oxygen atoms in total. The topological polar surface area (TPSA) is 55.0 Å². The van der Waals surface area contributed by atoms with Crippen LogP contribution in [0.4, 0.5) is 5.82 Å². The molecular weight excluding hydrogens is 244 g/mol. The molecule has 3 heterocycles. The summed E-state index contributed by atoms with van der Waals surface area (Å²) in [5.74, 6) is 1.12. The normalized spacial score (nSPS) is 19.8. The summed E-state index contributed by atoms with van der Waals surface area (Å²) in [6.07, 6.45) is 6.47. The molecule has 0 radical (unpaired) electrons. The standard InChI is InChI=1S/C13H18N4S/c14-6-1-3-10-4-2-7-17(10)13-12-11(5-8-18-12)15-9-16-13/h5,8-10H,1-4,6-7,14H2. The second kappa shape index (κ2) is 5.20. The van der Waals surface area contributed by atoms with E-state index in [-0.39, 0.29) is 0 Å². The second-order valence-corrected chi connectivity index (χ2v) is 5.67. The molecular formula is C13H18N4S. The maximum absolute atomic E-state index is 5.62. The lowest BCUT2D eigenvalue weighted by Crippen LogP contribution is -2.30. The third kappa shape index (κ3) is 2.08. The predicted octanol–water partition coefficient (Wildman–Crippen LogP) is 2.40. The van der Waals surface area contributed by atoms with Crippen molar-refractivity contribution in [3.05, 3.63) is 17.8 Å². The van der Waals surface area contributed by atoms with E-state index in [1.807, 2.05) is 0 Å².